The molecule has 0 aliphatic carbocycles. The van der Waals surface area contributed by atoms with Gasteiger partial charge in [-0.1, -0.05) is 6.08 Å². The summed E-state index contributed by atoms with van der Waals surface area (Å²) in [5, 5.41) is 1.42. The van der Waals surface area contributed by atoms with Crippen molar-refractivity contribution in [3.63, 3.8) is 0 Å². The molecule has 2 heterocycles. The molecule has 1 aromatic rings. The van der Waals surface area contributed by atoms with Crippen molar-refractivity contribution >= 4 is 22.4 Å². The molecule has 0 saturated carbocycles. The first-order valence-corrected chi connectivity index (χ1v) is 6.93. The lowest BCUT2D eigenvalue weighted by Gasteiger charge is -2.27. The summed E-state index contributed by atoms with van der Waals surface area (Å²) in [6.07, 6.45) is 9.39. The monoisotopic (exact) mass is 236 g/mol. The summed E-state index contributed by atoms with van der Waals surface area (Å²) in [6, 6.07) is 4.46. The molecule has 2 N–H and O–H groups in total. The van der Waals surface area contributed by atoms with Crippen LogP contribution >= 0.6 is 11.3 Å². The third-order valence-corrected chi connectivity index (χ3v) is 4.01. The summed E-state index contributed by atoms with van der Waals surface area (Å²) >= 11 is 1.89. The van der Waals surface area contributed by atoms with Gasteiger partial charge in [-0.05, 0) is 50.4 Å². The lowest BCUT2D eigenvalue weighted by atomic mass is 10.1. The molecular formula is C13H20N2S. The zero-order valence-electron chi connectivity index (χ0n) is 9.69. The topological polar surface area (TPSA) is 29.3 Å². The fraction of sp³-hybridized carbons (Fsp3) is 0.538. The largest absolute Gasteiger partial charge is 0.363 e. The summed E-state index contributed by atoms with van der Waals surface area (Å²) in [7, 11) is 0. The first-order chi connectivity index (χ1) is 7.90. The number of hydrogen-bond donors (Lipinski definition) is 1. The lowest BCUT2D eigenvalue weighted by molar-refractivity contribution is 0.580. The molecule has 1 aromatic heterocycles. The minimum absolute atomic E-state index is 0.737. The van der Waals surface area contributed by atoms with Crippen LogP contribution in [-0.4, -0.2) is 19.6 Å². The highest BCUT2D eigenvalue weighted by atomic mass is 32.1. The smallest absolute Gasteiger partial charge is 0.0914 e. The molecular weight excluding hydrogens is 216 g/mol. The molecule has 1 aliphatic rings. The van der Waals surface area contributed by atoms with E-state index in [4.69, 9.17) is 5.73 Å². The Kier molecular flexibility index (Phi) is 4.43. The Hall–Kier alpha value is -0.800. The third-order valence-electron chi connectivity index (χ3n) is 2.90. The minimum Gasteiger partial charge on any atom is -0.363 e. The highest BCUT2D eigenvalue weighted by Crippen LogP contribution is 2.29. The SMILES string of the molecule is NCCC=Cc1ccc(N2CCCCC2)s1. The highest BCUT2D eigenvalue weighted by Gasteiger charge is 2.11. The van der Waals surface area contributed by atoms with Crippen molar-refractivity contribution in [2.75, 3.05) is 24.5 Å². The Morgan fingerprint density at radius 3 is 2.81 bits per heavy atom. The van der Waals surface area contributed by atoms with Gasteiger partial charge < -0.3 is 10.6 Å². The average molecular weight is 236 g/mol. The number of piperidine rings is 1. The van der Waals surface area contributed by atoms with Crippen molar-refractivity contribution in [1.82, 2.24) is 0 Å². The van der Waals surface area contributed by atoms with Crippen molar-refractivity contribution in [2.24, 2.45) is 5.73 Å². The van der Waals surface area contributed by atoms with E-state index in [0.717, 1.165) is 13.0 Å². The predicted octanol–water partition coefficient (Wildman–Crippen LogP) is 3.10. The second kappa shape index (κ2) is 6.06. The van der Waals surface area contributed by atoms with Gasteiger partial charge in [0.2, 0.25) is 0 Å². The van der Waals surface area contributed by atoms with E-state index in [2.05, 4.69) is 29.2 Å². The van der Waals surface area contributed by atoms with E-state index < -0.39 is 0 Å². The van der Waals surface area contributed by atoms with Crippen LogP contribution < -0.4 is 10.6 Å². The van der Waals surface area contributed by atoms with E-state index in [1.165, 1.54) is 42.2 Å². The van der Waals surface area contributed by atoms with Crippen LogP contribution in [0, 0.1) is 0 Å². The Balaban J connectivity index is 1.95. The van der Waals surface area contributed by atoms with Crippen molar-refractivity contribution in [3.05, 3.63) is 23.1 Å². The Morgan fingerprint density at radius 2 is 2.06 bits per heavy atom. The number of nitrogens with two attached hydrogens (primary N) is 1. The second-order valence-corrected chi connectivity index (χ2v) is 5.30. The maximum atomic E-state index is 5.46. The van der Waals surface area contributed by atoms with Gasteiger partial charge >= 0.3 is 0 Å². The zero-order valence-corrected chi connectivity index (χ0v) is 10.5. The van der Waals surface area contributed by atoms with Crippen LogP contribution in [0.4, 0.5) is 5.00 Å². The van der Waals surface area contributed by atoms with Crippen LogP contribution in [-0.2, 0) is 0 Å². The van der Waals surface area contributed by atoms with Crippen LogP contribution in [0.15, 0.2) is 18.2 Å². The molecule has 1 fully saturated rings. The van der Waals surface area contributed by atoms with E-state index in [1.54, 1.807) is 0 Å². The van der Waals surface area contributed by atoms with Gasteiger partial charge in [0.1, 0.15) is 0 Å². The van der Waals surface area contributed by atoms with E-state index in [0.29, 0.717) is 0 Å². The Morgan fingerprint density at radius 1 is 1.25 bits per heavy atom. The summed E-state index contributed by atoms with van der Waals surface area (Å²) in [4.78, 5) is 3.85. The van der Waals surface area contributed by atoms with Crippen LogP contribution in [0.25, 0.3) is 6.08 Å². The molecule has 0 bridgehead atoms. The maximum absolute atomic E-state index is 5.46. The van der Waals surface area contributed by atoms with E-state index >= 15 is 0 Å². The van der Waals surface area contributed by atoms with Crippen LogP contribution in [0.3, 0.4) is 0 Å². The molecule has 1 aliphatic heterocycles. The van der Waals surface area contributed by atoms with Crippen molar-refractivity contribution in [1.29, 1.82) is 0 Å². The first kappa shape index (κ1) is 11.7. The summed E-state index contributed by atoms with van der Waals surface area (Å²) in [6.45, 7) is 3.19. The fourth-order valence-corrected chi connectivity index (χ4v) is 3.00. The molecule has 16 heavy (non-hydrogen) atoms. The van der Waals surface area contributed by atoms with Gasteiger partial charge in [0.15, 0.2) is 0 Å². The molecule has 0 radical (unpaired) electrons. The molecule has 0 unspecified atom stereocenters. The third kappa shape index (κ3) is 3.09. The quantitative estimate of drug-likeness (QED) is 0.870. The molecule has 1 saturated heterocycles. The summed E-state index contributed by atoms with van der Waals surface area (Å²) in [5.74, 6) is 0. The van der Waals surface area contributed by atoms with Gasteiger partial charge in [0, 0.05) is 18.0 Å². The van der Waals surface area contributed by atoms with E-state index in [-0.39, 0.29) is 0 Å². The lowest BCUT2D eigenvalue weighted by Crippen LogP contribution is -2.28. The number of rotatable bonds is 4. The number of nitrogens with zero attached hydrogens (tertiary/aromatic N) is 1. The average Bonchev–Trinajstić information content (AvgIpc) is 2.79. The molecule has 2 nitrogen and oxygen atoms in total. The number of hydrogen-bond acceptors (Lipinski definition) is 3. The first-order valence-electron chi connectivity index (χ1n) is 6.11. The summed E-state index contributed by atoms with van der Waals surface area (Å²) < 4.78 is 0. The zero-order chi connectivity index (χ0) is 11.2. The standard InChI is InChI=1S/C13H20N2S/c14-9-3-2-6-12-7-8-13(16-12)15-10-4-1-5-11-15/h2,6-8H,1,3-5,9-11,14H2. The molecule has 0 amide bonds. The van der Waals surface area contributed by atoms with Crippen molar-refractivity contribution in [2.45, 2.75) is 25.7 Å². The van der Waals surface area contributed by atoms with Crippen LogP contribution in [0.5, 0.6) is 0 Å². The van der Waals surface area contributed by atoms with Gasteiger partial charge in [-0.15, -0.1) is 11.3 Å². The maximum Gasteiger partial charge on any atom is 0.0914 e. The Labute approximate surface area is 102 Å². The second-order valence-electron chi connectivity index (χ2n) is 4.20. The number of anilines is 1. The predicted molar refractivity (Wildman–Crippen MR) is 73.1 cm³/mol. The summed E-state index contributed by atoms with van der Waals surface area (Å²) in [5.41, 5.74) is 5.46. The van der Waals surface area contributed by atoms with Crippen LogP contribution in [0.1, 0.15) is 30.6 Å². The molecule has 0 atom stereocenters. The van der Waals surface area contributed by atoms with Crippen LogP contribution in [0.2, 0.25) is 0 Å². The van der Waals surface area contributed by atoms with E-state index in [1.807, 2.05) is 11.3 Å². The normalized spacial score (nSPS) is 17.2. The van der Waals surface area contributed by atoms with E-state index in [9.17, 15) is 0 Å². The highest BCUT2D eigenvalue weighted by molar-refractivity contribution is 7.16. The van der Waals surface area contributed by atoms with Gasteiger partial charge in [0.05, 0.1) is 5.00 Å². The molecule has 2 rings (SSSR count). The molecule has 0 aromatic carbocycles. The van der Waals surface area contributed by atoms with Gasteiger partial charge in [0.25, 0.3) is 0 Å². The molecule has 0 spiro atoms. The molecule has 3 heteroatoms. The minimum atomic E-state index is 0.737. The Bertz CT molecular complexity index is 337. The van der Waals surface area contributed by atoms with Gasteiger partial charge in [-0.2, -0.15) is 0 Å². The number of thiophene rings is 1. The molecule has 88 valence electrons. The fourth-order valence-electron chi connectivity index (χ4n) is 2.01. The van der Waals surface area contributed by atoms with Gasteiger partial charge in [-0.25, -0.2) is 0 Å². The van der Waals surface area contributed by atoms with Crippen molar-refractivity contribution < 1.29 is 0 Å². The van der Waals surface area contributed by atoms with Crippen molar-refractivity contribution in [3.8, 4) is 0 Å². The van der Waals surface area contributed by atoms with Gasteiger partial charge in [-0.3, -0.25) is 0 Å².